The molecule has 1 aliphatic heterocycles. The standard InChI is InChI=1S/C12H14N2O4.ClH/c15-12(16)11-2-1-7-13(11)8-9-3-5-10(6-4-9)14(17)18;/h3-6,11H,1-2,7-8H2,(H,15,16);1H/t11-;/m0./s1. The van der Waals surface area contributed by atoms with Crippen molar-refractivity contribution < 1.29 is 14.8 Å². The Morgan fingerprint density at radius 2 is 2.05 bits per heavy atom. The summed E-state index contributed by atoms with van der Waals surface area (Å²) in [4.78, 5) is 23.0. The number of hydrogen-bond acceptors (Lipinski definition) is 4. The van der Waals surface area contributed by atoms with Crippen molar-refractivity contribution in [1.29, 1.82) is 0 Å². The summed E-state index contributed by atoms with van der Waals surface area (Å²) in [5, 5.41) is 19.6. The number of nitrogens with zero attached hydrogens (tertiary/aromatic N) is 2. The average Bonchev–Trinajstić information content (AvgIpc) is 2.78. The molecule has 1 aromatic rings. The van der Waals surface area contributed by atoms with Crippen LogP contribution in [0.25, 0.3) is 0 Å². The van der Waals surface area contributed by atoms with Crippen LogP contribution in [0.4, 0.5) is 5.69 Å². The van der Waals surface area contributed by atoms with Crippen molar-refractivity contribution in [3.05, 3.63) is 39.9 Å². The van der Waals surface area contributed by atoms with Crippen molar-refractivity contribution in [2.75, 3.05) is 6.54 Å². The predicted octanol–water partition coefficient (Wildman–Crippen LogP) is 2.07. The fourth-order valence-electron chi connectivity index (χ4n) is 2.25. The van der Waals surface area contributed by atoms with Crippen LogP contribution in [0.2, 0.25) is 0 Å². The number of likely N-dealkylation sites (tertiary alicyclic amines) is 1. The first-order chi connectivity index (χ1) is 8.58. The molecule has 1 atom stereocenters. The van der Waals surface area contributed by atoms with Crippen LogP contribution >= 0.6 is 12.4 Å². The second-order valence-electron chi connectivity index (χ2n) is 4.39. The van der Waals surface area contributed by atoms with Crippen molar-refractivity contribution in [3.63, 3.8) is 0 Å². The van der Waals surface area contributed by atoms with Gasteiger partial charge in [-0.25, -0.2) is 0 Å². The normalized spacial score (nSPS) is 18.8. The monoisotopic (exact) mass is 286 g/mol. The summed E-state index contributed by atoms with van der Waals surface area (Å²) in [6, 6.07) is 5.81. The highest BCUT2D eigenvalue weighted by Crippen LogP contribution is 2.21. The van der Waals surface area contributed by atoms with Crippen LogP contribution in [-0.2, 0) is 11.3 Å². The molecule has 0 amide bonds. The molecule has 1 aromatic carbocycles. The lowest BCUT2D eigenvalue weighted by molar-refractivity contribution is -0.384. The summed E-state index contributed by atoms with van der Waals surface area (Å²) in [6.07, 6.45) is 1.55. The third kappa shape index (κ3) is 3.65. The Bertz CT molecular complexity index is 463. The molecule has 1 fully saturated rings. The number of nitro benzene ring substituents is 1. The zero-order valence-corrected chi connectivity index (χ0v) is 11.0. The Morgan fingerprint density at radius 1 is 1.42 bits per heavy atom. The van der Waals surface area contributed by atoms with Gasteiger partial charge in [-0.1, -0.05) is 12.1 Å². The molecule has 1 saturated heterocycles. The largest absolute Gasteiger partial charge is 0.480 e. The van der Waals surface area contributed by atoms with Crippen LogP contribution in [0.3, 0.4) is 0 Å². The zero-order chi connectivity index (χ0) is 13.1. The first-order valence-electron chi connectivity index (χ1n) is 5.78. The molecular weight excluding hydrogens is 272 g/mol. The number of rotatable bonds is 4. The van der Waals surface area contributed by atoms with Crippen LogP contribution in [0.1, 0.15) is 18.4 Å². The average molecular weight is 287 g/mol. The highest BCUT2D eigenvalue weighted by atomic mass is 35.5. The summed E-state index contributed by atoms with van der Waals surface area (Å²) in [7, 11) is 0. The van der Waals surface area contributed by atoms with E-state index in [4.69, 9.17) is 5.11 Å². The fourth-order valence-corrected chi connectivity index (χ4v) is 2.25. The number of carboxylic acid groups (broad SMARTS) is 1. The van der Waals surface area contributed by atoms with Gasteiger partial charge in [-0.2, -0.15) is 0 Å². The maximum atomic E-state index is 11.0. The van der Waals surface area contributed by atoms with Gasteiger partial charge in [-0.05, 0) is 24.9 Å². The van der Waals surface area contributed by atoms with E-state index in [-0.39, 0.29) is 18.1 Å². The van der Waals surface area contributed by atoms with Crippen LogP contribution < -0.4 is 0 Å². The van der Waals surface area contributed by atoms with Crippen LogP contribution in [0.15, 0.2) is 24.3 Å². The van der Waals surface area contributed by atoms with Crippen molar-refractivity contribution in [2.45, 2.75) is 25.4 Å². The molecule has 0 bridgehead atoms. The Hall–Kier alpha value is -1.66. The molecule has 0 saturated carbocycles. The van der Waals surface area contributed by atoms with E-state index >= 15 is 0 Å². The number of benzene rings is 1. The molecule has 19 heavy (non-hydrogen) atoms. The Labute approximate surface area is 116 Å². The first kappa shape index (κ1) is 15.4. The minimum absolute atomic E-state index is 0. The first-order valence-corrected chi connectivity index (χ1v) is 5.78. The Balaban J connectivity index is 0.00000180. The van der Waals surface area contributed by atoms with Gasteiger partial charge in [0.25, 0.3) is 5.69 Å². The molecule has 0 spiro atoms. The maximum absolute atomic E-state index is 11.0. The summed E-state index contributed by atoms with van der Waals surface area (Å²) in [5.41, 5.74) is 0.948. The van der Waals surface area contributed by atoms with Gasteiger partial charge in [-0.3, -0.25) is 19.8 Å². The predicted molar refractivity (Wildman–Crippen MR) is 71.4 cm³/mol. The molecule has 0 aliphatic carbocycles. The number of halogens is 1. The Kier molecular flexibility index (Phi) is 5.26. The van der Waals surface area contributed by atoms with Crippen molar-refractivity contribution in [3.8, 4) is 0 Å². The lowest BCUT2D eigenvalue weighted by Crippen LogP contribution is -2.35. The van der Waals surface area contributed by atoms with Gasteiger partial charge in [0.1, 0.15) is 6.04 Å². The molecule has 6 nitrogen and oxygen atoms in total. The van der Waals surface area contributed by atoms with Gasteiger partial charge in [-0.15, -0.1) is 12.4 Å². The Morgan fingerprint density at radius 3 is 2.58 bits per heavy atom. The second-order valence-corrected chi connectivity index (χ2v) is 4.39. The third-order valence-corrected chi connectivity index (χ3v) is 3.18. The van der Waals surface area contributed by atoms with Gasteiger partial charge in [0.15, 0.2) is 0 Å². The summed E-state index contributed by atoms with van der Waals surface area (Å²) in [6.45, 7) is 1.28. The van der Waals surface area contributed by atoms with Crippen LogP contribution in [-0.4, -0.2) is 33.5 Å². The molecule has 0 radical (unpaired) electrons. The molecule has 1 N–H and O–H groups in total. The van der Waals surface area contributed by atoms with E-state index in [1.165, 1.54) is 12.1 Å². The maximum Gasteiger partial charge on any atom is 0.320 e. The number of nitro groups is 1. The highest BCUT2D eigenvalue weighted by Gasteiger charge is 2.30. The summed E-state index contributed by atoms with van der Waals surface area (Å²) < 4.78 is 0. The van der Waals surface area contributed by atoms with Crippen molar-refractivity contribution >= 4 is 24.1 Å². The quantitative estimate of drug-likeness (QED) is 0.676. The number of non-ortho nitro benzene ring substituents is 1. The van der Waals surface area contributed by atoms with Gasteiger partial charge in [0.05, 0.1) is 4.92 Å². The van der Waals surface area contributed by atoms with E-state index < -0.39 is 16.9 Å². The number of carboxylic acids is 1. The van der Waals surface area contributed by atoms with E-state index in [2.05, 4.69) is 0 Å². The van der Waals surface area contributed by atoms with E-state index in [9.17, 15) is 14.9 Å². The van der Waals surface area contributed by atoms with Crippen LogP contribution in [0.5, 0.6) is 0 Å². The van der Waals surface area contributed by atoms with E-state index in [0.717, 1.165) is 18.5 Å². The molecule has 104 valence electrons. The van der Waals surface area contributed by atoms with E-state index in [1.54, 1.807) is 12.1 Å². The molecule has 1 aliphatic rings. The SMILES string of the molecule is Cl.O=C(O)[C@@H]1CCCN1Cc1ccc([N+](=O)[O-])cc1. The molecular formula is C12H15ClN2O4. The molecule has 0 aromatic heterocycles. The minimum Gasteiger partial charge on any atom is -0.480 e. The summed E-state index contributed by atoms with van der Waals surface area (Å²) >= 11 is 0. The smallest absolute Gasteiger partial charge is 0.320 e. The van der Waals surface area contributed by atoms with E-state index in [1.807, 2.05) is 4.90 Å². The van der Waals surface area contributed by atoms with E-state index in [0.29, 0.717) is 13.0 Å². The van der Waals surface area contributed by atoms with Crippen molar-refractivity contribution in [1.82, 2.24) is 4.90 Å². The minimum atomic E-state index is -0.797. The highest BCUT2D eigenvalue weighted by molar-refractivity contribution is 5.85. The molecule has 7 heteroatoms. The zero-order valence-electron chi connectivity index (χ0n) is 10.2. The molecule has 2 rings (SSSR count). The van der Waals surface area contributed by atoms with Gasteiger partial charge >= 0.3 is 5.97 Å². The molecule has 1 heterocycles. The molecule has 0 unspecified atom stereocenters. The van der Waals surface area contributed by atoms with Gasteiger partial charge in [0.2, 0.25) is 0 Å². The second kappa shape index (κ2) is 6.49. The lowest BCUT2D eigenvalue weighted by Gasteiger charge is -2.20. The third-order valence-electron chi connectivity index (χ3n) is 3.18. The number of hydrogen-bond donors (Lipinski definition) is 1. The fraction of sp³-hybridized carbons (Fsp3) is 0.417. The number of aliphatic carboxylic acids is 1. The topological polar surface area (TPSA) is 83.7 Å². The van der Waals surface area contributed by atoms with Gasteiger partial charge in [0, 0.05) is 18.7 Å². The van der Waals surface area contributed by atoms with Crippen LogP contribution in [0, 0.1) is 10.1 Å². The lowest BCUT2D eigenvalue weighted by atomic mass is 10.1. The van der Waals surface area contributed by atoms with Crippen molar-refractivity contribution in [2.24, 2.45) is 0 Å². The van der Waals surface area contributed by atoms with Gasteiger partial charge < -0.3 is 5.11 Å². The number of carbonyl (C=O) groups is 1. The summed E-state index contributed by atoms with van der Waals surface area (Å²) in [5.74, 6) is -0.797.